The summed E-state index contributed by atoms with van der Waals surface area (Å²) in [6.07, 6.45) is 3.14. The number of allylic oxidation sites excluding steroid dienone is 1. The normalized spacial score (nSPS) is 24.8. The number of carbonyl (C=O) groups is 2. The largest absolute Gasteiger partial charge is 0.299 e. The van der Waals surface area contributed by atoms with Crippen LogP contribution in [0.25, 0.3) is 0 Å². The van der Waals surface area contributed by atoms with Crippen LogP contribution in [0.1, 0.15) is 40.0 Å². The summed E-state index contributed by atoms with van der Waals surface area (Å²) in [5, 5.41) is 0. The molecule has 0 aromatic rings. The number of rotatable bonds is 2. The molecule has 1 aliphatic rings. The maximum Gasteiger partial charge on any atom is 0.146 e. The zero-order valence-electron chi connectivity index (χ0n) is 9.22. The molecular formula is C12H18O2. The van der Waals surface area contributed by atoms with E-state index in [0.29, 0.717) is 19.3 Å². The molecular weight excluding hydrogens is 176 g/mol. The summed E-state index contributed by atoms with van der Waals surface area (Å²) in [4.78, 5) is 23.7. The second-order valence-electron chi connectivity index (χ2n) is 5.19. The van der Waals surface area contributed by atoms with Crippen molar-refractivity contribution in [2.24, 2.45) is 10.8 Å². The van der Waals surface area contributed by atoms with E-state index in [1.54, 1.807) is 13.0 Å². The molecule has 0 saturated heterocycles. The average molecular weight is 194 g/mol. The van der Waals surface area contributed by atoms with Gasteiger partial charge in [0.25, 0.3) is 0 Å². The van der Waals surface area contributed by atoms with Crippen LogP contribution >= 0.6 is 0 Å². The molecule has 0 aliphatic heterocycles. The first-order valence-corrected chi connectivity index (χ1v) is 4.99. The van der Waals surface area contributed by atoms with Gasteiger partial charge >= 0.3 is 0 Å². The highest BCUT2D eigenvalue weighted by Crippen LogP contribution is 2.41. The molecule has 1 fully saturated rings. The Labute approximate surface area is 85.4 Å². The highest BCUT2D eigenvalue weighted by atomic mass is 16.2. The van der Waals surface area contributed by atoms with Crippen LogP contribution in [-0.2, 0) is 9.59 Å². The van der Waals surface area contributed by atoms with Crippen LogP contribution in [-0.4, -0.2) is 11.6 Å². The lowest BCUT2D eigenvalue weighted by molar-refractivity contribution is -0.146. The zero-order chi connectivity index (χ0) is 11.0. The maximum absolute atomic E-state index is 11.9. The van der Waals surface area contributed by atoms with Gasteiger partial charge in [-0.15, -0.1) is 6.58 Å². The van der Waals surface area contributed by atoms with Crippen LogP contribution < -0.4 is 0 Å². The van der Waals surface area contributed by atoms with E-state index in [4.69, 9.17) is 0 Å². The van der Waals surface area contributed by atoms with Crippen LogP contribution in [0.3, 0.4) is 0 Å². The Morgan fingerprint density at radius 3 is 2.00 bits per heavy atom. The summed E-state index contributed by atoms with van der Waals surface area (Å²) >= 11 is 0. The van der Waals surface area contributed by atoms with Gasteiger partial charge in [-0.2, -0.15) is 0 Å². The summed E-state index contributed by atoms with van der Waals surface area (Å²) in [6.45, 7) is 9.28. The van der Waals surface area contributed by atoms with E-state index in [0.717, 1.165) is 0 Å². The topological polar surface area (TPSA) is 34.1 Å². The quantitative estimate of drug-likeness (QED) is 0.500. The number of carbonyl (C=O) groups excluding carboxylic acids is 2. The molecule has 0 atom stereocenters. The molecule has 0 aromatic heterocycles. The van der Waals surface area contributed by atoms with Crippen molar-refractivity contribution in [2.75, 3.05) is 0 Å². The fourth-order valence-electron chi connectivity index (χ4n) is 1.99. The van der Waals surface area contributed by atoms with Crippen LogP contribution in [0.2, 0.25) is 0 Å². The van der Waals surface area contributed by atoms with Crippen molar-refractivity contribution in [1.29, 1.82) is 0 Å². The molecule has 0 N–H and O–H groups in total. The third kappa shape index (κ3) is 1.79. The summed E-state index contributed by atoms with van der Waals surface area (Å²) < 4.78 is 0. The number of Topliss-reactive ketones (excluding diaryl/α,β-unsaturated/α-hetero) is 2. The average Bonchev–Trinajstić information content (AvgIpc) is 2.00. The molecule has 0 unspecified atom stereocenters. The van der Waals surface area contributed by atoms with E-state index in [2.05, 4.69) is 6.58 Å². The van der Waals surface area contributed by atoms with E-state index >= 15 is 0 Å². The molecule has 0 bridgehead atoms. The maximum atomic E-state index is 11.9. The fraction of sp³-hybridized carbons (Fsp3) is 0.667. The highest BCUT2D eigenvalue weighted by Gasteiger charge is 2.47. The number of hydrogen-bond donors (Lipinski definition) is 0. The fourth-order valence-corrected chi connectivity index (χ4v) is 1.99. The molecule has 14 heavy (non-hydrogen) atoms. The van der Waals surface area contributed by atoms with Gasteiger partial charge in [-0.05, 0) is 18.8 Å². The van der Waals surface area contributed by atoms with Crippen LogP contribution in [0, 0.1) is 10.8 Å². The SMILES string of the molecule is C=CCC1(C)C(=O)CC(C)(C)CC1=O. The van der Waals surface area contributed by atoms with Gasteiger partial charge in [-0.3, -0.25) is 9.59 Å². The van der Waals surface area contributed by atoms with Gasteiger partial charge in [0.1, 0.15) is 11.6 Å². The first-order valence-electron chi connectivity index (χ1n) is 4.99. The van der Waals surface area contributed by atoms with Gasteiger partial charge in [0, 0.05) is 12.8 Å². The third-order valence-corrected chi connectivity index (χ3v) is 3.06. The van der Waals surface area contributed by atoms with Crippen LogP contribution in [0.4, 0.5) is 0 Å². The van der Waals surface area contributed by atoms with Crippen LogP contribution in [0.5, 0.6) is 0 Å². The van der Waals surface area contributed by atoms with Crippen molar-refractivity contribution in [1.82, 2.24) is 0 Å². The molecule has 78 valence electrons. The van der Waals surface area contributed by atoms with Crippen molar-refractivity contribution in [3.63, 3.8) is 0 Å². The molecule has 1 rings (SSSR count). The van der Waals surface area contributed by atoms with Gasteiger partial charge in [0.2, 0.25) is 0 Å². The van der Waals surface area contributed by atoms with E-state index in [-0.39, 0.29) is 17.0 Å². The van der Waals surface area contributed by atoms with Crippen molar-refractivity contribution in [2.45, 2.75) is 40.0 Å². The molecule has 1 aliphatic carbocycles. The summed E-state index contributed by atoms with van der Waals surface area (Å²) in [5.74, 6) is 0.136. The number of hydrogen-bond acceptors (Lipinski definition) is 2. The predicted molar refractivity (Wildman–Crippen MR) is 56.0 cm³/mol. The second-order valence-corrected chi connectivity index (χ2v) is 5.19. The minimum absolute atomic E-state index is 0.0682. The Balaban J connectivity index is 2.96. The first kappa shape index (κ1) is 11.2. The Morgan fingerprint density at radius 2 is 1.64 bits per heavy atom. The Hall–Kier alpha value is -0.920. The van der Waals surface area contributed by atoms with Crippen molar-refractivity contribution >= 4 is 11.6 Å². The van der Waals surface area contributed by atoms with Gasteiger partial charge in [0.05, 0.1) is 5.41 Å². The van der Waals surface area contributed by atoms with Crippen molar-refractivity contribution in [3.05, 3.63) is 12.7 Å². The number of ketones is 2. The summed E-state index contributed by atoms with van der Waals surface area (Å²) in [5.41, 5.74) is -0.952. The third-order valence-electron chi connectivity index (χ3n) is 3.06. The van der Waals surface area contributed by atoms with Gasteiger partial charge < -0.3 is 0 Å². The van der Waals surface area contributed by atoms with E-state index in [1.807, 2.05) is 13.8 Å². The second kappa shape index (κ2) is 3.34. The highest BCUT2D eigenvalue weighted by molar-refractivity contribution is 6.09. The molecule has 1 saturated carbocycles. The molecule has 0 heterocycles. The molecule has 0 radical (unpaired) electrons. The molecule has 0 amide bonds. The molecule has 2 nitrogen and oxygen atoms in total. The summed E-state index contributed by atoms with van der Waals surface area (Å²) in [7, 11) is 0. The van der Waals surface area contributed by atoms with Gasteiger partial charge in [0.15, 0.2) is 0 Å². The van der Waals surface area contributed by atoms with Gasteiger partial charge in [-0.25, -0.2) is 0 Å². The minimum atomic E-state index is -0.794. The molecule has 2 heteroatoms. The lowest BCUT2D eigenvalue weighted by atomic mass is 9.63. The van der Waals surface area contributed by atoms with E-state index in [9.17, 15) is 9.59 Å². The molecule has 0 aromatic carbocycles. The molecule has 0 spiro atoms. The Bertz CT molecular complexity index is 267. The predicted octanol–water partition coefficient (Wildman–Crippen LogP) is 2.53. The van der Waals surface area contributed by atoms with Crippen molar-refractivity contribution in [3.8, 4) is 0 Å². The van der Waals surface area contributed by atoms with Crippen molar-refractivity contribution < 1.29 is 9.59 Å². The monoisotopic (exact) mass is 194 g/mol. The van der Waals surface area contributed by atoms with E-state index < -0.39 is 5.41 Å². The lowest BCUT2D eigenvalue weighted by Crippen LogP contribution is -2.45. The Morgan fingerprint density at radius 1 is 1.21 bits per heavy atom. The first-order chi connectivity index (χ1) is 6.32. The summed E-state index contributed by atoms with van der Waals surface area (Å²) in [6, 6.07) is 0. The minimum Gasteiger partial charge on any atom is -0.299 e. The lowest BCUT2D eigenvalue weighted by Gasteiger charge is -2.38. The van der Waals surface area contributed by atoms with Crippen LogP contribution in [0.15, 0.2) is 12.7 Å². The smallest absolute Gasteiger partial charge is 0.146 e. The standard InChI is InChI=1S/C12H18O2/c1-5-6-12(4)9(13)7-11(2,3)8-10(12)14/h5H,1,6-8H2,2-4H3. The zero-order valence-corrected chi connectivity index (χ0v) is 9.22. The Kier molecular flexibility index (Phi) is 2.66. The van der Waals surface area contributed by atoms with E-state index in [1.165, 1.54) is 0 Å². The van der Waals surface area contributed by atoms with Gasteiger partial charge in [-0.1, -0.05) is 19.9 Å².